The summed E-state index contributed by atoms with van der Waals surface area (Å²) in [5, 5.41) is 3.40. The van der Waals surface area contributed by atoms with Crippen molar-refractivity contribution < 1.29 is 14.2 Å². The van der Waals surface area contributed by atoms with Crippen LogP contribution in [-0.2, 0) is 38.5 Å². The SMILES string of the molecule is COc1cc2c(cc1Cc1ccc3ccccc3n1)Cc1cc(OC)c(Cc3ccc4ccccc4n3)cc1Cc1cc(OC)c(Cc3ccc4ccccc4n3)cc1C2. The Kier molecular flexibility index (Phi) is 9.90. The molecule has 0 radical (unpaired) electrons. The number of methoxy groups -OCH3 is 3. The molecule has 0 amide bonds. The van der Waals surface area contributed by atoms with E-state index in [1.165, 1.54) is 33.4 Å². The van der Waals surface area contributed by atoms with Gasteiger partial charge in [-0.1, -0.05) is 91.0 Å². The molecule has 60 heavy (non-hydrogen) atoms. The zero-order valence-corrected chi connectivity index (χ0v) is 34.2. The third kappa shape index (κ3) is 7.41. The van der Waals surface area contributed by atoms with Crippen LogP contribution < -0.4 is 14.2 Å². The van der Waals surface area contributed by atoms with E-state index in [0.29, 0.717) is 19.3 Å². The smallest absolute Gasteiger partial charge is 0.122 e. The van der Waals surface area contributed by atoms with Crippen LogP contribution in [0.1, 0.15) is 67.2 Å². The van der Waals surface area contributed by atoms with Gasteiger partial charge in [0.2, 0.25) is 0 Å². The summed E-state index contributed by atoms with van der Waals surface area (Å²) in [6.07, 6.45) is 4.22. The average molecular weight is 784 g/mol. The fraction of sp³-hybridized carbons (Fsp3) is 0.167. The first-order chi connectivity index (χ1) is 29.5. The van der Waals surface area contributed by atoms with Gasteiger partial charge in [0.1, 0.15) is 17.2 Å². The average Bonchev–Trinajstić information content (AvgIpc) is 3.33. The van der Waals surface area contributed by atoms with Crippen molar-refractivity contribution in [2.45, 2.75) is 38.5 Å². The predicted molar refractivity (Wildman–Crippen MR) is 241 cm³/mol. The van der Waals surface area contributed by atoms with Gasteiger partial charge in [-0.15, -0.1) is 0 Å². The zero-order valence-electron chi connectivity index (χ0n) is 34.2. The van der Waals surface area contributed by atoms with Crippen molar-refractivity contribution in [3.05, 3.63) is 213 Å². The highest BCUT2D eigenvalue weighted by Crippen LogP contribution is 2.38. The van der Waals surface area contributed by atoms with Crippen molar-refractivity contribution in [1.29, 1.82) is 0 Å². The molecule has 0 spiro atoms. The van der Waals surface area contributed by atoms with E-state index >= 15 is 0 Å². The molecule has 0 saturated carbocycles. The molecule has 6 nitrogen and oxygen atoms in total. The molecule has 1 aliphatic carbocycles. The van der Waals surface area contributed by atoms with Crippen LogP contribution in [0.5, 0.6) is 17.2 Å². The van der Waals surface area contributed by atoms with Gasteiger partial charge in [0.25, 0.3) is 0 Å². The van der Waals surface area contributed by atoms with Crippen LogP contribution in [0.15, 0.2) is 146 Å². The molecule has 0 aliphatic heterocycles. The maximum atomic E-state index is 6.16. The third-order valence-electron chi connectivity index (χ3n) is 12.0. The first-order valence-corrected chi connectivity index (χ1v) is 20.6. The predicted octanol–water partition coefficient (Wildman–Crippen LogP) is 11.2. The normalized spacial score (nSPS) is 12.2. The van der Waals surface area contributed by atoms with Gasteiger partial charge in [-0.3, -0.25) is 15.0 Å². The monoisotopic (exact) mass is 783 g/mol. The van der Waals surface area contributed by atoms with E-state index in [4.69, 9.17) is 29.2 Å². The van der Waals surface area contributed by atoms with Crippen molar-refractivity contribution in [1.82, 2.24) is 15.0 Å². The molecular formula is C54H45N3O3. The first kappa shape index (κ1) is 37.2. The summed E-state index contributed by atoms with van der Waals surface area (Å²) >= 11 is 0. The Morgan fingerprint density at radius 2 is 0.633 bits per heavy atom. The van der Waals surface area contributed by atoms with Crippen LogP contribution in [0.2, 0.25) is 0 Å². The molecule has 6 heteroatoms. The van der Waals surface area contributed by atoms with Crippen LogP contribution in [0.25, 0.3) is 32.7 Å². The summed E-state index contributed by atoms with van der Waals surface area (Å²) < 4.78 is 18.5. The molecule has 0 fully saturated rings. The highest BCUT2D eigenvalue weighted by molar-refractivity contribution is 5.80. The molecule has 0 atom stereocenters. The molecule has 0 N–H and O–H groups in total. The molecule has 0 saturated heterocycles. The number of pyridine rings is 3. The molecule has 6 aromatic carbocycles. The number of hydrogen-bond donors (Lipinski definition) is 0. The lowest BCUT2D eigenvalue weighted by Crippen LogP contribution is -2.05. The summed E-state index contributed by atoms with van der Waals surface area (Å²) in [7, 11) is 5.31. The molecule has 294 valence electrons. The Balaban J connectivity index is 1.10. The van der Waals surface area contributed by atoms with E-state index in [9.17, 15) is 0 Å². The lowest BCUT2D eigenvalue weighted by atomic mass is 9.90. The molecule has 3 heterocycles. The highest BCUT2D eigenvalue weighted by atomic mass is 16.5. The summed E-state index contributed by atoms with van der Waals surface area (Å²) in [6.45, 7) is 0. The quantitative estimate of drug-likeness (QED) is 0.145. The topological polar surface area (TPSA) is 66.4 Å². The maximum Gasteiger partial charge on any atom is 0.122 e. The second-order valence-corrected chi connectivity index (χ2v) is 15.8. The van der Waals surface area contributed by atoms with Gasteiger partial charge in [-0.25, -0.2) is 0 Å². The first-order valence-electron chi connectivity index (χ1n) is 20.6. The van der Waals surface area contributed by atoms with Crippen LogP contribution in [0, 0.1) is 0 Å². The Labute approximate surface area is 350 Å². The van der Waals surface area contributed by atoms with Crippen LogP contribution in [0.4, 0.5) is 0 Å². The molecule has 0 unspecified atom stereocenters. The van der Waals surface area contributed by atoms with E-state index < -0.39 is 0 Å². The molecule has 0 bridgehead atoms. The van der Waals surface area contributed by atoms with Crippen molar-refractivity contribution in [2.75, 3.05) is 21.3 Å². The lowest BCUT2D eigenvalue weighted by Gasteiger charge is -2.18. The minimum Gasteiger partial charge on any atom is -0.496 e. The van der Waals surface area contributed by atoms with Gasteiger partial charge in [-0.2, -0.15) is 0 Å². The number of rotatable bonds is 9. The summed E-state index contributed by atoms with van der Waals surface area (Å²) in [5.41, 5.74) is 16.9. The number of ether oxygens (including phenoxy) is 3. The Bertz CT molecular complexity index is 2750. The van der Waals surface area contributed by atoms with Gasteiger partial charge in [0.05, 0.1) is 37.9 Å². The van der Waals surface area contributed by atoms with E-state index in [-0.39, 0.29) is 0 Å². The summed E-state index contributed by atoms with van der Waals surface area (Å²) in [5.74, 6) is 2.61. The van der Waals surface area contributed by atoms with Gasteiger partial charge in [-0.05, 0) is 107 Å². The van der Waals surface area contributed by atoms with E-state index in [1.54, 1.807) is 21.3 Å². The minimum atomic E-state index is 0.659. The van der Waals surface area contributed by atoms with Crippen molar-refractivity contribution in [2.24, 2.45) is 0 Å². The van der Waals surface area contributed by atoms with Gasteiger partial charge in [0.15, 0.2) is 0 Å². The van der Waals surface area contributed by atoms with E-state index in [2.05, 4.69) is 127 Å². The van der Waals surface area contributed by atoms with Crippen molar-refractivity contribution in [3.8, 4) is 17.2 Å². The molecule has 9 aromatic rings. The lowest BCUT2D eigenvalue weighted by molar-refractivity contribution is 0.409. The van der Waals surface area contributed by atoms with Gasteiger partial charge >= 0.3 is 0 Å². The van der Waals surface area contributed by atoms with Gasteiger partial charge in [0, 0.05) is 69.2 Å². The van der Waals surface area contributed by atoms with Crippen LogP contribution >= 0.6 is 0 Å². The Morgan fingerprint density at radius 3 is 0.933 bits per heavy atom. The Hall–Kier alpha value is -7.05. The summed E-state index contributed by atoms with van der Waals surface area (Å²) in [6, 6.07) is 51.5. The minimum absolute atomic E-state index is 0.659. The standard InChI is InChI=1S/C54H45N3O3/c1-58-52-31-40-22-38-26-44(29-47-20-17-35-11-5-8-14-50(35)56-47)54(60-3)33-42(38)24-39-27-45(30-48-21-18-36-12-6-9-15-51(36)57-48)53(59-2)32-41(39)23-37(40)25-43(52)28-46-19-16-34-10-4-7-13-49(34)55-46/h4-21,25-27,31-33H,22-24,28-30H2,1-3H3. The van der Waals surface area contributed by atoms with E-state index in [0.717, 1.165) is 103 Å². The largest absolute Gasteiger partial charge is 0.496 e. The molecule has 1 aliphatic rings. The second kappa shape index (κ2) is 16.0. The number of para-hydroxylation sites is 3. The van der Waals surface area contributed by atoms with E-state index in [1.807, 2.05) is 18.2 Å². The fourth-order valence-corrected chi connectivity index (χ4v) is 8.95. The number of nitrogens with zero attached hydrogens (tertiary/aromatic N) is 3. The van der Waals surface area contributed by atoms with Crippen LogP contribution in [0.3, 0.4) is 0 Å². The van der Waals surface area contributed by atoms with Crippen molar-refractivity contribution in [3.63, 3.8) is 0 Å². The van der Waals surface area contributed by atoms with Crippen molar-refractivity contribution >= 4 is 32.7 Å². The molecule has 10 rings (SSSR count). The maximum absolute atomic E-state index is 6.16. The molecular weight excluding hydrogens is 739 g/mol. The number of hydrogen-bond acceptors (Lipinski definition) is 6. The second-order valence-electron chi connectivity index (χ2n) is 15.8. The number of aromatic nitrogens is 3. The van der Waals surface area contributed by atoms with Crippen LogP contribution in [-0.4, -0.2) is 36.3 Å². The third-order valence-corrected chi connectivity index (χ3v) is 12.0. The zero-order chi connectivity index (χ0) is 40.6. The fourth-order valence-electron chi connectivity index (χ4n) is 8.95. The number of fused-ring (bicyclic) bond motifs is 6. The number of benzene rings is 6. The Morgan fingerprint density at radius 1 is 0.350 bits per heavy atom. The van der Waals surface area contributed by atoms with Gasteiger partial charge < -0.3 is 14.2 Å². The highest BCUT2D eigenvalue weighted by Gasteiger charge is 2.22. The molecule has 3 aromatic heterocycles. The summed E-state index contributed by atoms with van der Waals surface area (Å²) in [4.78, 5) is 15.1.